The van der Waals surface area contributed by atoms with Crippen LogP contribution >= 0.6 is 11.6 Å². The average molecular weight is 292 g/mol. The maximum atomic E-state index is 5.81. The van der Waals surface area contributed by atoms with Gasteiger partial charge in [-0.15, -0.1) is 0 Å². The smallest absolute Gasteiger partial charge is 0.123 e. The second-order valence-corrected chi connectivity index (χ2v) is 4.75. The van der Waals surface area contributed by atoms with E-state index in [1.165, 1.54) is 0 Å². The van der Waals surface area contributed by atoms with Crippen molar-refractivity contribution in [2.75, 3.05) is 13.2 Å². The molecule has 0 bridgehead atoms. The number of ether oxygens (including phenoxy) is 2. The fourth-order valence-electron chi connectivity index (χ4n) is 1.78. The van der Waals surface area contributed by atoms with Gasteiger partial charge in [0.05, 0.1) is 13.2 Å². The minimum Gasteiger partial charge on any atom is -0.493 e. The van der Waals surface area contributed by atoms with Gasteiger partial charge < -0.3 is 15.2 Å². The maximum Gasteiger partial charge on any atom is 0.123 e. The summed E-state index contributed by atoms with van der Waals surface area (Å²) in [4.78, 5) is 0. The third kappa shape index (κ3) is 4.44. The highest BCUT2D eigenvalue weighted by Gasteiger charge is 2.00. The van der Waals surface area contributed by atoms with Gasteiger partial charge in [0.1, 0.15) is 11.5 Å². The van der Waals surface area contributed by atoms with E-state index in [0.717, 1.165) is 23.5 Å². The van der Waals surface area contributed by atoms with E-state index in [2.05, 4.69) is 0 Å². The second kappa shape index (κ2) is 7.78. The highest BCUT2D eigenvalue weighted by Crippen LogP contribution is 2.18. The van der Waals surface area contributed by atoms with Crippen LogP contribution < -0.4 is 15.2 Å². The highest BCUT2D eigenvalue weighted by atomic mass is 35.5. The Hall–Kier alpha value is -1.71. The summed E-state index contributed by atoms with van der Waals surface area (Å²) in [5.74, 6) is 1.67. The van der Waals surface area contributed by atoms with E-state index in [1.807, 2.05) is 48.5 Å². The number of para-hydroxylation sites is 1. The molecule has 0 saturated heterocycles. The minimum atomic E-state index is 0.484. The molecule has 0 radical (unpaired) electrons. The summed E-state index contributed by atoms with van der Waals surface area (Å²) >= 11 is 5.81. The van der Waals surface area contributed by atoms with Gasteiger partial charge in [-0.3, -0.25) is 0 Å². The van der Waals surface area contributed by atoms with E-state index in [0.29, 0.717) is 24.8 Å². The second-order valence-electron chi connectivity index (χ2n) is 4.32. The number of halogens is 1. The Bertz CT molecular complexity index is 528. The third-order valence-electron chi connectivity index (χ3n) is 2.82. The van der Waals surface area contributed by atoms with Crippen LogP contribution in [0.5, 0.6) is 11.5 Å². The van der Waals surface area contributed by atoms with Crippen molar-refractivity contribution in [2.45, 2.75) is 13.0 Å². The van der Waals surface area contributed by atoms with Crippen LogP contribution in [-0.2, 0) is 6.54 Å². The van der Waals surface area contributed by atoms with Gasteiger partial charge in [-0.25, -0.2) is 0 Å². The van der Waals surface area contributed by atoms with Crippen molar-refractivity contribution in [3.05, 3.63) is 59.1 Å². The van der Waals surface area contributed by atoms with Crippen LogP contribution in [0, 0.1) is 0 Å². The maximum absolute atomic E-state index is 5.81. The van der Waals surface area contributed by atoms with E-state index in [-0.39, 0.29) is 0 Å². The number of rotatable bonds is 7. The number of hydrogen-bond donors (Lipinski definition) is 1. The molecular formula is C16H18ClNO2. The predicted octanol–water partition coefficient (Wildman–Crippen LogP) is 3.65. The summed E-state index contributed by atoms with van der Waals surface area (Å²) in [5, 5.41) is 0.707. The summed E-state index contributed by atoms with van der Waals surface area (Å²) in [6, 6.07) is 15.1. The van der Waals surface area contributed by atoms with Crippen LogP contribution in [0.2, 0.25) is 5.02 Å². The lowest BCUT2D eigenvalue weighted by molar-refractivity contribution is 0.246. The Kier molecular flexibility index (Phi) is 5.71. The molecule has 3 nitrogen and oxygen atoms in total. The molecule has 20 heavy (non-hydrogen) atoms. The van der Waals surface area contributed by atoms with Crippen LogP contribution in [0.4, 0.5) is 0 Å². The fourth-order valence-corrected chi connectivity index (χ4v) is 1.90. The van der Waals surface area contributed by atoms with Gasteiger partial charge in [0.15, 0.2) is 0 Å². The Morgan fingerprint density at radius 2 is 1.60 bits per heavy atom. The van der Waals surface area contributed by atoms with Crippen LogP contribution in [-0.4, -0.2) is 13.2 Å². The topological polar surface area (TPSA) is 44.5 Å². The molecule has 2 aromatic rings. The van der Waals surface area contributed by atoms with Crippen LogP contribution in [0.25, 0.3) is 0 Å². The van der Waals surface area contributed by atoms with E-state index < -0.39 is 0 Å². The number of hydrogen-bond acceptors (Lipinski definition) is 3. The zero-order valence-corrected chi connectivity index (χ0v) is 12.0. The Balaban J connectivity index is 1.70. The molecule has 0 heterocycles. The SMILES string of the molecule is NCc1ccccc1OCCCOc1ccc(Cl)cc1. The van der Waals surface area contributed by atoms with Gasteiger partial charge in [-0.1, -0.05) is 29.8 Å². The zero-order chi connectivity index (χ0) is 14.2. The van der Waals surface area contributed by atoms with E-state index >= 15 is 0 Å². The third-order valence-corrected chi connectivity index (χ3v) is 3.07. The van der Waals surface area contributed by atoms with Gasteiger partial charge in [-0.05, 0) is 30.3 Å². The van der Waals surface area contributed by atoms with Crippen molar-refractivity contribution in [1.29, 1.82) is 0 Å². The molecule has 106 valence electrons. The summed E-state index contributed by atoms with van der Waals surface area (Å²) in [6.45, 7) is 1.69. The molecule has 0 spiro atoms. The first-order valence-corrected chi connectivity index (χ1v) is 6.96. The first-order chi connectivity index (χ1) is 9.79. The number of benzene rings is 2. The zero-order valence-electron chi connectivity index (χ0n) is 11.2. The van der Waals surface area contributed by atoms with Crippen LogP contribution in [0.3, 0.4) is 0 Å². The molecule has 2 rings (SSSR count). The van der Waals surface area contributed by atoms with Crippen LogP contribution in [0.1, 0.15) is 12.0 Å². The van der Waals surface area contributed by atoms with Gasteiger partial charge in [-0.2, -0.15) is 0 Å². The lowest BCUT2D eigenvalue weighted by atomic mass is 10.2. The molecule has 0 unspecified atom stereocenters. The van der Waals surface area contributed by atoms with E-state index in [4.69, 9.17) is 26.8 Å². The van der Waals surface area contributed by atoms with Crippen molar-refractivity contribution < 1.29 is 9.47 Å². The summed E-state index contributed by atoms with van der Waals surface area (Å²) in [5.41, 5.74) is 6.67. The summed E-state index contributed by atoms with van der Waals surface area (Å²) in [7, 11) is 0. The van der Waals surface area contributed by atoms with Crippen molar-refractivity contribution in [1.82, 2.24) is 0 Å². The average Bonchev–Trinajstić information content (AvgIpc) is 2.49. The minimum absolute atomic E-state index is 0.484. The van der Waals surface area contributed by atoms with Crippen molar-refractivity contribution >= 4 is 11.6 Å². The molecule has 4 heteroatoms. The molecule has 0 aliphatic carbocycles. The Morgan fingerprint density at radius 3 is 2.35 bits per heavy atom. The lowest BCUT2D eigenvalue weighted by Gasteiger charge is -2.10. The monoisotopic (exact) mass is 291 g/mol. The molecule has 0 amide bonds. The molecule has 0 atom stereocenters. The van der Waals surface area contributed by atoms with Crippen molar-refractivity contribution in [2.24, 2.45) is 5.73 Å². The molecule has 2 N–H and O–H groups in total. The van der Waals surface area contributed by atoms with Crippen molar-refractivity contribution in [3.8, 4) is 11.5 Å². The van der Waals surface area contributed by atoms with Gasteiger partial charge in [0, 0.05) is 23.6 Å². The van der Waals surface area contributed by atoms with Gasteiger partial charge >= 0.3 is 0 Å². The Morgan fingerprint density at radius 1 is 0.900 bits per heavy atom. The standard InChI is InChI=1S/C16H18ClNO2/c17-14-6-8-15(9-7-14)19-10-3-11-20-16-5-2-1-4-13(16)12-18/h1-2,4-9H,3,10-12,18H2. The molecule has 0 fully saturated rings. The van der Waals surface area contributed by atoms with Gasteiger partial charge in [0.2, 0.25) is 0 Å². The first-order valence-electron chi connectivity index (χ1n) is 6.59. The lowest BCUT2D eigenvalue weighted by Crippen LogP contribution is -2.07. The normalized spacial score (nSPS) is 10.3. The number of nitrogens with two attached hydrogens (primary N) is 1. The van der Waals surface area contributed by atoms with Crippen LogP contribution in [0.15, 0.2) is 48.5 Å². The highest BCUT2D eigenvalue weighted by molar-refractivity contribution is 6.30. The Labute approximate surface area is 124 Å². The molecule has 0 aliphatic heterocycles. The molecule has 0 aromatic heterocycles. The van der Waals surface area contributed by atoms with E-state index in [9.17, 15) is 0 Å². The summed E-state index contributed by atoms with van der Waals surface area (Å²) < 4.78 is 11.3. The largest absolute Gasteiger partial charge is 0.493 e. The fraction of sp³-hybridized carbons (Fsp3) is 0.250. The molecule has 0 aliphatic rings. The predicted molar refractivity (Wildman–Crippen MR) is 81.4 cm³/mol. The van der Waals surface area contributed by atoms with Gasteiger partial charge in [0.25, 0.3) is 0 Å². The quantitative estimate of drug-likeness (QED) is 0.792. The molecule has 2 aromatic carbocycles. The molecular weight excluding hydrogens is 274 g/mol. The first kappa shape index (κ1) is 14.7. The van der Waals surface area contributed by atoms with E-state index in [1.54, 1.807) is 0 Å². The summed E-state index contributed by atoms with van der Waals surface area (Å²) in [6.07, 6.45) is 0.807. The molecule has 0 saturated carbocycles. The van der Waals surface area contributed by atoms with Crippen molar-refractivity contribution in [3.63, 3.8) is 0 Å².